The van der Waals surface area contributed by atoms with Crippen molar-refractivity contribution >= 4 is 38.4 Å². The molecule has 0 atom stereocenters. The molecule has 4 aromatic heterocycles. The maximum Gasteiger partial charge on any atom is 0.207 e. The smallest absolute Gasteiger partial charge is 0.207 e. The summed E-state index contributed by atoms with van der Waals surface area (Å²) in [5, 5.41) is 16.6. The topological polar surface area (TPSA) is 85.2 Å². The van der Waals surface area contributed by atoms with E-state index in [1.165, 1.54) is 5.56 Å². The number of aryl methyl sites for hydroxylation is 2. The highest BCUT2D eigenvalue weighted by Crippen LogP contribution is 2.40. The molecule has 0 saturated heterocycles. The molecule has 1 N–H and O–H groups in total. The first-order valence-electron chi connectivity index (χ1n) is 10.1. The lowest BCUT2D eigenvalue weighted by atomic mass is 10.0. The third-order valence-corrected chi connectivity index (χ3v) is 7.03. The molecule has 0 aliphatic carbocycles. The largest absolute Gasteiger partial charge is 0.308 e. The zero-order valence-corrected chi connectivity index (χ0v) is 19.5. The molecule has 0 aliphatic heterocycles. The van der Waals surface area contributed by atoms with Gasteiger partial charge in [0.1, 0.15) is 11.3 Å². The number of aromatic amines is 1. The molecule has 5 rings (SSSR count). The van der Waals surface area contributed by atoms with Crippen LogP contribution in [0.1, 0.15) is 30.3 Å². The predicted octanol–water partition coefficient (Wildman–Crippen LogP) is 5.41. The molecular weight excluding hydrogens is 474 g/mol. The van der Waals surface area contributed by atoms with Crippen molar-refractivity contribution in [1.82, 2.24) is 35.2 Å². The Hall–Kier alpha value is -2.91. The average Bonchev–Trinajstić information content (AvgIpc) is 3.50. The van der Waals surface area contributed by atoms with E-state index in [1.807, 2.05) is 12.3 Å². The Morgan fingerprint density at radius 1 is 1.16 bits per heavy atom. The number of imidazole rings is 1. The van der Waals surface area contributed by atoms with Gasteiger partial charge in [0.15, 0.2) is 5.65 Å². The first-order valence-corrected chi connectivity index (χ1v) is 11.7. The summed E-state index contributed by atoms with van der Waals surface area (Å²) >= 11 is 5.24. The lowest BCUT2D eigenvalue weighted by Gasteiger charge is -2.10. The number of halogens is 1. The minimum absolute atomic E-state index is 0.586. The molecule has 0 amide bonds. The minimum atomic E-state index is 0.586. The highest BCUT2D eigenvalue weighted by molar-refractivity contribution is 9.11. The monoisotopic (exact) mass is 493 g/mol. The summed E-state index contributed by atoms with van der Waals surface area (Å²) in [6.45, 7) is 5.01. The van der Waals surface area contributed by atoms with E-state index in [1.54, 1.807) is 11.3 Å². The number of aromatic nitrogens is 7. The van der Waals surface area contributed by atoms with Crippen molar-refractivity contribution in [3.63, 3.8) is 0 Å². The Kier molecular flexibility index (Phi) is 5.37. The maximum atomic E-state index is 4.88. The van der Waals surface area contributed by atoms with Crippen molar-refractivity contribution in [2.45, 2.75) is 33.2 Å². The Morgan fingerprint density at radius 3 is 2.74 bits per heavy atom. The van der Waals surface area contributed by atoms with Crippen LogP contribution in [0.15, 0.2) is 45.7 Å². The highest BCUT2D eigenvalue weighted by atomic mass is 79.9. The molecule has 156 valence electrons. The van der Waals surface area contributed by atoms with Crippen LogP contribution >= 0.6 is 27.3 Å². The molecule has 1 aromatic carbocycles. The van der Waals surface area contributed by atoms with Gasteiger partial charge in [-0.05, 0) is 57.2 Å². The molecule has 9 heteroatoms. The number of H-pyrrole nitrogens is 1. The molecule has 7 nitrogen and oxygen atoms in total. The number of hydrogen-bond donors (Lipinski definition) is 1. The van der Waals surface area contributed by atoms with Gasteiger partial charge in [0.25, 0.3) is 0 Å². The second-order valence-electron chi connectivity index (χ2n) is 7.39. The van der Waals surface area contributed by atoms with Crippen LogP contribution in [0.3, 0.4) is 0 Å². The zero-order valence-electron chi connectivity index (χ0n) is 17.1. The van der Waals surface area contributed by atoms with Gasteiger partial charge in [0.2, 0.25) is 5.82 Å². The molecule has 0 unspecified atom stereocenters. The molecule has 0 spiro atoms. The van der Waals surface area contributed by atoms with E-state index < -0.39 is 0 Å². The zero-order chi connectivity index (χ0) is 21.4. The number of rotatable bonds is 6. The molecule has 0 bridgehead atoms. The number of nitrogens with zero attached hydrogens (tertiary/aromatic N) is 6. The molecule has 4 heterocycles. The summed E-state index contributed by atoms with van der Waals surface area (Å²) in [7, 11) is 0. The third kappa shape index (κ3) is 3.68. The molecular formula is C22H20BrN7S. The van der Waals surface area contributed by atoms with Gasteiger partial charge >= 0.3 is 0 Å². The van der Waals surface area contributed by atoms with E-state index in [0.717, 1.165) is 62.4 Å². The van der Waals surface area contributed by atoms with E-state index in [0.29, 0.717) is 5.82 Å². The third-order valence-electron chi connectivity index (χ3n) is 5.31. The second kappa shape index (κ2) is 8.32. The quantitative estimate of drug-likeness (QED) is 0.341. The van der Waals surface area contributed by atoms with E-state index in [2.05, 4.69) is 89.6 Å². The lowest BCUT2D eigenvalue weighted by Crippen LogP contribution is -2.06. The normalized spacial score (nSPS) is 11.5. The molecule has 0 aliphatic rings. The molecule has 5 aromatic rings. The average molecular weight is 494 g/mol. The molecule has 0 fully saturated rings. The summed E-state index contributed by atoms with van der Waals surface area (Å²) in [5.74, 6) is 1.67. The number of tetrazole rings is 1. The van der Waals surface area contributed by atoms with Gasteiger partial charge in [-0.25, -0.2) is 9.97 Å². The second-order valence-corrected chi connectivity index (χ2v) is 9.59. The van der Waals surface area contributed by atoms with Crippen molar-refractivity contribution in [3.8, 4) is 22.5 Å². The van der Waals surface area contributed by atoms with Crippen LogP contribution in [0.4, 0.5) is 0 Å². The van der Waals surface area contributed by atoms with E-state index >= 15 is 0 Å². The van der Waals surface area contributed by atoms with Crippen LogP contribution < -0.4 is 0 Å². The number of benzene rings is 1. The fourth-order valence-corrected chi connectivity index (χ4v) is 5.22. The summed E-state index contributed by atoms with van der Waals surface area (Å²) in [4.78, 5) is 9.50. The highest BCUT2D eigenvalue weighted by Gasteiger charge is 2.18. The first-order chi connectivity index (χ1) is 15.2. The number of pyridine rings is 1. The Labute approximate surface area is 191 Å². The Bertz CT molecular complexity index is 1340. The SMILES string of the molecule is CCCc1nc2c(C)ccnc2n1Cc1ccc(-c2csc(Br)c2-c2nn[nH]n2)cc1. The molecule has 0 radical (unpaired) electrons. The van der Waals surface area contributed by atoms with Gasteiger partial charge in [0.05, 0.1) is 15.9 Å². The summed E-state index contributed by atoms with van der Waals surface area (Å²) in [6, 6.07) is 10.6. The summed E-state index contributed by atoms with van der Waals surface area (Å²) in [5.41, 5.74) is 7.47. The van der Waals surface area contributed by atoms with Gasteiger partial charge in [-0.3, -0.25) is 0 Å². The van der Waals surface area contributed by atoms with E-state index in [4.69, 9.17) is 4.98 Å². The van der Waals surface area contributed by atoms with Crippen molar-refractivity contribution in [3.05, 3.63) is 62.6 Å². The Morgan fingerprint density at radius 2 is 2.00 bits per heavy atom. The fourth-order valence-electron chi connectivity index (χ4n) is 3.76. The van der Waals surface area contributed by atoms with Crippen LogP contribution in [0.5, 0.6) is 0 Å². The van der Waals surface area contributed by atoms with Gasteiger partial charge in [0, 0.05) is 23.6 Å². The van der Waals surface area contributed by atoms with E-state index in [-0.39, 0.29) is 0 Å². The number of nitrogens with one attached hydrogen (secondary N) is 1. The van der Waals surface area contributed by atoms with Crippen LogP contribution in [0, 0.1) is 6.92 Å². The molecule has 0 saturated carbocycles. The summed E-state index contributed by atoms with van der Waals surface area (Å²) < 4.78 is 3.23. The van der Waals surface area contributed by atoms with Crippen LogP contribution in [0.2, 0.25) is 0 Å². The van der Waals surface area contributed by atoms with Crippen LogP contribution in [0.25, 0.3) is 33.7 Å². The fraction of sp³-hybridized carbons (Fsp3) is 0.227. The van der Waals surface area contributed by atoms with Gasteiger partial charge in [-0.15, -0.1) is 21.5 Å². The standard InChI is InChI=1S/C22H20BrN7S/c1-3-4-17-25-19-13(2)9-10-24-22(19)30(17)11-14-5-7-15(8-6-14)16-12-31-20(23)18(16)21-26-28-29-27-21/h5-10,12H,3-4,11H2,1-2H3,(H,26,27,28,29). The van der Waals surface area contributed by atoms with Crippen LogP contribution in [-0.2, 0) is 13.0 Å². The van der Waals surface area contributed by atoms with Gasteiger partial charge in [-0.1, -0.05) is 31.2 Å². The minimum Gasteiger partial charge on any atom is -0.308 e. The van der Waals surface area contributed by atoms with Crippen molar-refractivity contribution in [2.75, 3.05) is 0 Å². The van der Waals surface area contributed by atoms with Crippen molar-refractivity contribution in [1.29, 1.82) is 0 Å². The Balaban J connectivity index is 1.49. The van der Waals surface area contributed by atoms with Crippen molar-refractivity contribution in [2.24, 2.45) is 0 Å². The van der Waals surface area contributed by atoms with Crippen LogP contribution in [-0.4, -0.2) is 35.2 Å². The molecule has 31 heavy (non-hydrogen) atoms. The summed E-state index contributed by atoms with van der Waals surface area (Å²) in [6.07, 6.45) is 3.85. The number of fused-ring (bicyclic) bond motifs is 1. The maximum absolute atomic E-state index is 4.88. The van der Waals surface area contributed by atoms with E-state index in [9.17, 15) is 0 Å². The first kappa shape index (κ1) is 20.0. The lowest BCUT2D eigenvalue weighted by molar-refractivity contribution is 0.717. The number of hydrogen-bond acceptors (Lipinski definition) is 6. The van der Waals surface area contributed by atoms with Gasteiger partial charge in [-0.2, -0.15) is 5.21 Å². The van der Waals surface area contributed by atoms with Crippen molar-refractivity contribution < 1.29 is 0 Å². The predicted molar refractivity (Wildman–Crippen MR) is 126 cm³/mol. The van der Waals surface area contributed by atoms with Gasteiger partial charge < -0.3 is 4.57 Å². The number of thiophene rings is 1.